The minimum absolute atomic E-state index is 0.0829. The molecule has 2 aromatic rings. The summed E-state index contributed by atoms with van der Waals surface area (Å²) in [6, 6.07) is 16.6. The summed E-state index contributed by atoms with van der Waals surface area (Å²) >= 11 is 0. The quantitative estimate of drug-likeness (QED) is 0.837. The summed E-state index contributed by atoms with van der Waals surface area (Å²) in [5.41, 5.74) is 8.18. The van der Waals surface area contributed by atoms with Crippen LogP contribution in [0.4, 0.5) is 0 Å². The molecule has 2 aliphatic rings. The lowest BCUT2D eigenvalue weighted by atomic mass is 9.95. The van der Waals surface area contributed by atoms with Crippen molar-refractivity contribution in [2.24, 2.45) is 5.73 Å². The molecule has 138 valence electrons. The van der Waals surface area contributed by atoms with Crippen LogP contribution in [0.2, 0.25) is 0 Å². The SMILES string of the molecule is N[C@@H]1CN(C(=O)CCN2C(=O)c3ccccc3C2=O)C[C@H]1c1ccccc1. The number of carbonyl (C=O) groups excluding carboxylic acids is 3. The van der Waals surface area contributed by atoms with Gasteiger partial charge < -0.3 is 10.6 Å². The topological polar surface area (TPSA) is 83.7 Å². The van der Waals surface area contributed by atoms with E-state index in [0.29, 0.717) is 24.2 Å². The fraction of sp³-hybridized carbons (Fsp3) is 0.286. The van der Waals surface area contributed by atoms with Gasteiger partial charge in [-0.2, -0.15) is 0 Å². The predicted octanol–water partition coefficient (Wildman–Crippen LogP) is 1.63. The third kappa shape index (κ3) is 3.13. The van der Waals surface area contributed by atoms with Crippen molar-refractivity contribution in [1.82, 2.24) is 9.80 Å². The van der Waals surface area contributed by atoms with Gasteiger partial charge in [-0.05, 0) is 17.7 Å². The highest BCUT2D eigenvalue weighted by Crippen LogP contribution is 2.27. The number of benzene rings is 2. The molecule has 6 heteroatoms. The Morgan fingerprint density at radius 2 is 1.52 bits per heavy atom. The summed E-state index contributed by atoms with van der Waals surface area (Å²) in [5, 5.41) is 0. The van der Waals surface area contributed by atoms with E-state index in [2.05, 4.69) is 0 Å². The Balaban J connectivity index is 1.38. The minimum atomic E-state index is -0.330. The van der Waals surface area contributed by atoms with Crippen LogP contribution in [0.1, 0.15) is 38.6 Å². The Morgan fingerprint density at radius 1 is 0.926 bits per heavy atom. The maximum atomic E-state index is 12.6. The Hall–Kier alpha value is -2.99. The first-order valence-electron chi connectivity index (χ1n) is 9.10. The molecule has 0 bridgehead atoms. The van der Waals surface area contributed by atoms with Crippen LogP contribution in [-0.2, 0) is 4.79 Å². The number of amides is 3. The van der Waals surface area contributed by atoms with Crippen LogP contribution in [-0.4, -0.2) is 53.2 Å². The number of rotatable bonds is 4. The number of likely N-dealkylation sites (tertiary alicyclic amines) is 1. The largest absolute Gasteiger partial charge is 0.340 e. The Labute approximate surface area is 157 Å². The van der Waals surface area contributed by atoms with E-state index in [-0.39, 0.29) is 42.6 Å². The number of nitrogens with two attached hydrogens (primary N) is 1. The normalized spacial score (nSPS) is 21.7. The lowest BCUT2D eigenvalue weighted by Gasteiger charge is -2.19. The summed E-state index contributed by atoms with van der Waals surface area (Å²) < 4.78 is 0. The second kappa shape index (κ2) is 6.96. The molecule has 3 amide bonds. The Morgan fingerprint density at radius 3 is 2.15 bits per heavy atom. The van der Waals surface area contributed by atoms with Gasteiger partial charge in [0.2, 0.25) is 5.91 Å². The van der Waals surface area contributed by atoms with Crippen molar-refractivity contribution >= 4 is 17.7 Å². The lowest BCUT2D eigenvalue weighted by molar-refractivity contribution is -0.130. The van der Waals surface area contributed by atoms with Gasteiger partial charge >= 0.3 is 0 Å². The van der Waals surface area contributed by atoms with Crippen molar-refractivity contribution < 1.29 is 14.4 Å². The summed E-state index contributed by atoms with van der Waals surface area (Å²) in [4.78, 5) is 40.3. The molecular weight excluding hydrogens is 342 g/mol. The van der Waals surface area contributed by atoms with Crippen LogP contribution in [0, 0.1) is 0 Å². The van der Waals surface area contributed by atoms with Crippen LogP contribution in [0.25, 0.3) is 0 Å². The van der Waals surface area contributed by atoms with E-state index in [0.717, 1.165) is 10.5 Å². The summed E-state index contributed by atoms with van der Waals surface area (Å²) in [6.07, 6.45) is 0.111. The van der Waals surface area contributed by atoms with E-state index in [1.54, 1.807) is 29.2 Å². The molecule has 0 aliphatic carbocycles. The molecule has 2 aromatic carbocycles. The zero-order valence-electron chi connectivity index (χ0n) is 14.9. The molecule has 0 spiro atoms. The highest BCUT2D eigenvalue weighted by atomic mass is 16.2. The fourth-order valence-corrected chi connectivity index (χ4v) is 3.89. The molecule has 1 saturated heterocycles. The minimum Gasteiger partial charge on any atom is -0.340 e. The number of carbonyl (C=O) groups is 3. The molecule has 27 heavy (non-hydrogen) atoms. The maximum Gasteiger partial charge on any atom is 0.261 e. The highest BCUT2D eigenvalue weighted by molar-refractivity contribution is 6.21. The van der Waals surface area contributed by atoms with E-state index in [9.17, 15) is 14.4 Å². The fourth-order valence-electron chi connectivity index (χ4n) is 3.89. The van der Waals surface area contributed by atoms with Crippen LogP contribution >= 0.6 is 0 Å². The molecule has 2 heterocycles. The second-order valence-electron chi connectivity index (χ2n) is 7.04. The second-order valence-corrected chi connectivity index (χ2v) is 7.04. The number of fused-ring (bicyclic) bond motifs is 1. The van der Waals surface area contributed by atoms with Crippen molar-refractivity contribution in [2.75, 3.05) is 19.6 Å². The van der Waals surface area contributed by atoms with E-state index >= 15 is 0 Å². The molecule has 4 rings (SSSR count). The van der Waals surface area contributed by atoms with Crippen LogP contribution in [0.5, 0.6) is 0 Å². The van der Waals surface area contributed by atoms with Gasteiger partial charge in [0.15, 0.2) is 0 Å². The van der Waals surface area contributed by atoms with Gasteiger partial charge in [-0.1, -0.05) is 42.5 Å². The summed E-state index contributed by atoms with van der Waals surface area (Å²) in [5.74, 6) is -0.637. The third-order valence-corrected chi connectivity index (χ3v) is 5.37. The smallest absolute Gasteiger partial charge is 0.261 e. The van der Waals surface area contributed by atoms with Gasteiger partial charge in [-0.3, -0.25) is 19.3 Å². The van der Waals surface area contributed by atoms with E-state index in [1.807, 2.05) is 30.3 Å². The van der Waals surface area contributed by atoms with Crippen LogP contribution in [0.3, 0.4) is 0 Å². The number of imide groups is 1. The summed E-state index contributed by atoms with van der Waals surface area (Å²) in [7, 11) is 0. The highest BCUT2D eigenvalue weighted by Gasteiger charge is 2.37. The zero-order valence-corrected chi connectivity index (χ0v) is 14.9. The maximum absolute atomic E-state index is 12.6. The van der Waals surface area contributed by atoms with Crippen LogP contribution < -0.4 is 5.73 Å². The van der Waals surface area contributed by atoms with Gasteiger partial charge in [0, 0.05) is 38.0 Å². The van der Waals surface area contributed by atoms with Gasteiger partial charge in [0.25, 0.3) is 11.8 Å². The van der Waals surface area contributed by atoms with Gasteiger partial charge in [-0.15, -0.1) is 0 Å². The molecule has 0 aromatic heterocycles. The number of hydrogen-bond donors (Lipinski definition) is 1. The molecule has 1 fully saturated rings. The molecule has 2 atom stereocenters. The van der Waals surface area contributed by atoms with Crippen LogP contribution in [0.15, 0.2) is 54.6 Å². The Kier molecular flexibility index (Phi) is 4.49. The molecule has 6 nitrogen and oxygen atoms in total. The van der Waals surface area contributed by atoms with Crippen molar-refractivity contribution in [3.63, 3.8) is 0 Å². The van der Waals surface area contributed by atoms with Gasteiger partial charge in [0.05, 0.1) is 11.1 Å². The lowest BCUT2D eigenvalue weighted by Crippen LogP contribution is -2.37. The number of nitrogens with zero attached hydrogens (tertiary/aromatic N) is 2. The first kappa shape index (κ1) is 17.4. The third-order valence-electron chi connectivity index (χ3n) is 5.37. The van der Waals surface area contributed by atoms with Crippen molar-refractivity contribution in [1.29, 1.82) is 0 Å². The molecule has 2 N–H and O–H groups in total. The van der Waals surface area contributed by atoms with E-state index in [4.69, 9.17) is 5.73 Å². The van der Waals surface area contributed by atoms with E-state index in [1.165, 1.54) is 0 Å². The van der Waals surface area contributed by atoms with Gasteiger partial charge in [-0.25, -0.2) is 0 Å². The average molecular weight is 363 g/mol. The van der Waals surface area contributed by atoms with Crippen molar-refractivity contribution in [2.45, 2.75) is 18.4 Å². The first-order chi connectivity index (χ1) is 13.1. The van der Waals surface area contributed by atoms with Gasteiger partial charge in [0.1, 0.15) is 0 Å². The standard InChI is InChI=1S/C21H21N3O3/c22-18-13-23(12-17(18)14-6-2-1-3-7-14)19(25)10-11-24-20(26)15-8-4-5-9-16(15)21(24)27/h1-9,17-18H,10-13,22H2/t17-,18+/m0/s1. The number of hydrogen-bond acceptors (Lipinski definition) is 4. The first-order valence-corrected chi connectivity index (χ1v) is 9.10. The monoisotopic (exact) mass is 363 g/mol. The van der Waals surface area contributed by atoms with Crippen molar-refractivity contribution in [3.8, 4) is 0 Å². The molecule has 0 saturated carbocycles. The predicted molar refractivity (Wildman–Crippen MR) is 100 cm³/mol. The molecule has 0 unspecified atom stereocenters. The Bertz CT molecular complexity index is 862. The molecular formula is C21H21N3O3. The molecule has 0 radical (unpaired) electrons. The van der Waals surface area contributed by atoms with E-state index < -0.39 is 0 Å². The average Bonchev–Trinajstić information content (AvgIpc) is 3.20. The zero-order chi connectivity index (χ0) is 19.0. The van der Waals surface area contributed by atoms with Crippen molar-refractivity contribution in [3.05, 3.63) is 71.3 Å². The molecule has 2 aliphatic heterocycles. The summed E-state index contributed by atoms with van der Waals surface area (Å²) in [6.45, 7) is 1.14.